The van der Waals surface area contributed by atoms with Crippen LogP contribution in [0, 0.1) is 0 Å². The molecule has 7 heteroatoms. The van der Waals surface area contributed by atoms with Crippen LogP contribution < -0.4 is 15.0 Å². The van der Waals surface area contributed by atoms with Crippen LogP contribution in [0.4, 0.5) is 10.5 Å². The molecule has 1 saturated heterocycles. The van der Waals surface area contributed by atoms with Gasteiger partial charge in [0.1, 0.15) is 11.3 Å². The number of fused-ring (bicyclic) bond motifs is 1. The molecule has 1 aromatic heterocycles. The van der Waals surface area contributed by atoms with E-state index in [1.807, 2.05) is 37.4 Å². The van der Waals surface area contributed by atoms with Crippen LogP contribution in [0.15, 0.2) is 60.3 Å². The lowest BCUT2D eigenvalue weighted by Gasteiger charge is -2.27. The van der Waals surface area contributed by atoms with Gasteiger partial charge in [-0.25, -0.2) is 9.69 Å². The lowest BCUT2D eigenvalue weighted by molar-refractivity contribution is -0.122. The topological polar surface area (TPSA) is 80.6 Å². The van der Waals surface area contributed by atoms with E-state index in [0.29, 0.717) is 12.4 Å². The maximum atomic E-state index is 13.3. The summed E-state index contributed by atoms with van der Waals surface area (Å²) < 4.78 is 7.66. The quantitative estimate of drug-likeness (QED) is 0.496. The van der Waals surface area contributed by atoms with Crippen molar-refractivity contribution in [3.63, 3.8) is 0 Å². The minimum Gasteiger partial charge on any atom is -0.492 e. The van der Waals surface area contributed by atoms with Gasteiger partial charge in [-0.3, -0.25) is 14.9 Å². The van der Waals surface area contributed by atoms with Crippen molar-refractivity contribution in [3.8, 4) is 5.75 Å². The number of ether oxygens (including phenoxy) is 1. The fraction of sp³-hybridized carbons (Fsp3) is 0.208. The van der Waals surface area contributed by atoms with E-state index in [9.17, 15) is 14.4 Å². The van der Waals surface area contributed by atoms with Crippen LogP contribution >= 0.6 is 0 Å². The Morgan fingerprint density at radius 3 is 2.48 bits per heavy atom. The van der Waals surface area contributed by atoms with Gasteiger partial charge < -0.3 is 9.30 Å². The van der Waals surface area contributed by atoms with Gasteiger partial charge in [0.05, 0.1) is 12.3 Å². The first-order valence-electron chi connectivity index (χ1n) is 10.1. The average molecular weight is 417 g/mol. The highest BCUT2D eigenvalue weighted by molar-refractivity contribution is 6.39. The van der Waals surface area contributed by atoms with Crippen molar-refractivity contribution in [1.29, 1.82) is 0 Å². The van der Waals surface area contributed by atoms with Crippen molar-refractivity contribution >= 4 is 40.5 Å². The zero-order valence-electron chi connectivity index (χ0n) is 17.6. The van der Waals surface area contributed by atoms with Crippen LogP contribution in [0.1, 0.15) is 32.4 Å². The highest BCUT2D eigenvalue weighted by atomic mass is 16.5. The Hall–Kier alpha value is -3.87. The molecule has 3 aromatic rings. The normalized spacial score (nSPS) is 15.8. The molecule has 0 aliphatic carbocycles. The predicted octanol–water partition coefficient (Wildman–Crippen LogP) is 4.29. The molecule has 1 aliphatic heterocycles. The fourth-order valence-corrected chi connectivity index (χ4v) is 3.73. The molecule has 1 fully saturated rings. The standard InChI is InChI=1S/C24H23N3O4/c1-4-31-21-12-8-7-11-20(21)27-23(29)18(22(28)25-24(27)30)13-16-14-26(15(2)3)19-10-6-5-9-17(16)19/h5-15H,4H2,1-3H3,(H,25,28,30)/b18-13+. The van der Waals surface area contributed by atoms with Crippen LogP contribution in [0.2, 0.25) is 0 Å². The van der Waals surface area contributed by atoms with Crippen molar-refractivity contribution in [1.82, 2.24) is 9.88 Å². The summed E-state index contributed by atoms with van der Waals surface area (Å²) in [5.74, 6) is -1.03. The van der Waals surface area contributed by atoms with E-state index < -0.39 is 17.8 Å². The number of anilines is 1. The number of nitrogens with one attached hydrogen (secondary N) is 1. The van der Waals surface area contributed by atoms with Crippen molar-refractivity contribution < 1.29 is 19.1 Å². The summed E-state index contributed by atoms with van der Waals surface area (Å²) in [4.78, 5) is 39.4. The molecule has 1 N–H and O–H groups in total. The van der Waals surface area contributed by atoms with E-state index >= 15 is 0 Å². The number of carbonyl (C=O) groups excluding carboxylic acids is 3. The van der Waals surface area contributed by atoms with Gasteiger partial charge >= 0.3 is 6.03 Å². The van der Waals surface area contributed by atoms with Crippen LogP contribution in [0.3, 0.4) is 0 Å². The Balaban J connectivity index is 1.82. The number of carbonyl (C=O) groups is 3. The summed E-state index contributed by atoms with van der Waals surface area (Å²) >= 11 is 0. The first kappa shape index (κ1) is 20.4. The van der Waals surface area contributed by atoms with Gasteiger partial charge in [0, 0.05) is 28.7 Å². The number of hydrogen-bond donors (Lipinski definition) is 1. The Morgan fingerprint density at radius 2 is 1.74 bits per heavy atom. The molecule has 1 aliphatic rings. The molecule has 31 heavy (non-hydrogen) atoms. The highest BCUT2D eigenvalue weighted by Crippen LogP contribution is 2.32. The third-order valence-corrected chi connectivity index (χ3v) is 5.14. The number of amides is 4. The molecular formula is C24H23N3O4. The molecule has 0 spiro atoms. The summed E-state index contributed by atoms with van der Waals surface area (Å²) in [6.45, 7) is 6.31. The van der Waals surface area contributed by atoms with E-state index in [1.165, 1.54) is 0 Å². The summed E-state index contributed by atoms with van der Waals surface area (Å²) in [7, 11) is 0. The lowest BCUT2D eigenvalue weighted by atomic mass is 10.1. The molecular weight excluding hydrogens is 394 g/mol. The number of hydrogen-bond acceptors (Lipinski definition) is 4. The molecule has 7 nitrogen and oxygen atoms in total. The van der Waals surface area contributed by atoms with Gasteiger partial charge in [0.2, 0.25) is 0 Å². The van der Waals surface area contributed by atoms with Crippen LogP contribution in [-0.2, 0) is 9.59 Å². The molecule has 4 amide bonds. The largest absolute Gasteiger partial charge is 0.492 e. The molecule has 0 atom stereocenters. The van der Waals surface area contributed by atoms with Crippen molar-refractivity contribution in [2.45, 2.75) is 26.8 Å². The molecule has 0 saturated carbocycles. The fourth-order valence-electron chi connectivity index (χ4n) is 3.73. The van der Waals surface area contributed by atoms with Crippen LogP contribution in [0.25, 0.3) is 17.0 Å². The molecule has 2 heterocycles. The maximum Gasteiger partial charge on any atom is 0.336 e. The first-order valence-corrected chi connectivity index (χ1v) is 10.1. The summed E-state index contributed by atoms with van der Waals surface area (Å²) in [5.41, 5.74) is 1.91. The van der Waals surface area contributed by atoms with Gasteiger partial charge in [-0.15, -0.1) is 0 Å². The second-order valence-electron chi connectivity index (χ2n) is 7.46. The Kier molecular flexibility index (Phi) is 5.33. The van der Waals surface area contributed by atoms with E-state index in [2.05, 4.69) is 23.7 Å². The second-order valence-corrected chi connectivity index (χ2v) is 7.46. The number of imide groups is 2. The third kappa shape index (κ3) is 3.59. The Morgan fingerprint density at radius 1 is 1.03 bits per heavy atom. The predicted molar refractivity (Wildman–Crippen MR) is 119 cm³/mol. The molecule has 158 valence electrons. The van der Waals surface area contributed by atoms with Crippen LogP contribution in [-0.4, -0.2) is 29.0 Å². The Bertz CT molecular complexity index is 1220. The zero-order chi connectivity index (χ0) is 22.1. The molecule has 0 bridgehead atoms. The molecule has 2 aromatic carbocycles. The van der Waals surface area contributed by atoms with E-state index in [1.54, 1.807) is 30.3 Å². The first-order chi connectivity index (χ1) is 14.9. The SMILES string of the molecule is CCOc1ccccc1N1C(=O)NC(=O)/C(=C\c2cn(C(C)C)c3ccccc23)C1=O. The van der Waals surface area contributed by atoms with E-state index in [-0.39, 0.29) is 17.3 Å². The average Bonchev–Trinajstić information content (AvgIpc) is 3.11. The maximum absolute atomic E-state index is 13.3. The van der Waals surface area contributed by atoms with Gasteiger partial charge in [-0.1, -0.05) is 30.3 Å². The van der Waals surface area contributed by atoms with Crippen LogP contribution in [0.5, 0.6) is 5.75 Å². The summed E-state index contributed by atoms with van der Waals surface area (Å²) in [6, 6.07) is 13.9. The monoisotopic (exact) mass is 417 g/mol. The highest BCUT2D eigenvalue weighted by Gasteiger charge is 2.38. The minimum absolute atomic E-state index is 0.113. The smallest absolute Gasteiger partial charge is 0.336 e. The van der Waals surface area contributed by atoms with Gasteiger partial charge in [0.25, 0.3) is 11.8 Å². The number of para-hydroxylation sites is 3. The summed E-state index contributed by atoms with van der Waals surface area (Å²) in [5, 5.41) is 3.19. The Labute approximate surface area is 179 Å². The van der Waals surface area contributed by atoms with Gasteiger partial charge in [-0.2, -0.15) is 0 Å². The van der Waals surface area contributed by atoms with Crippen molar-refractivity contribution in [3.05, 3.63) is 65.9 Å². The number of barbiturate groups is 1. The molecule has 4 rings (SSSR count). The minimum atomic E-state index is -0.802. The lowest BCUT2D eigenvalue weighted by Crippen LogP contribution is -2.54. The number of benzene rings is 2. The number of rotatable bonds is 5. The number of aromatic nitrogens is 1. The zero-order valence-corrected chi connectivity index (χ0v) is 17.6. The molecule has 0 unspecified atom stereocenters. The number of urea groups is 1. The van der Waals surface area contributed by atoms with E-state index in [0.717, 1.165) is 21.4 Å². The van der Waals surface area contributed by atoms with E-state index in [4.69, 9.17) is 4.74 Å². The molecule has 0 radical (unpaired) electrons. The van der Waals surface area contributed by atoms with Crippen molar-refractivity contribution in [2.24, 2.45) is 0 Å². The third-order valence-electron chi connectivity index (χ3n) is 5.14. The van der Waals surface area contributed by atoms with Gasteiger partial charge in [-0.05, 0) is 45.0 Å². The van der Waals surface area contributed by atoms with Gasteiger partial charge in [0.15, 0.2) is 0 Å². The second kappa shape index (κ2) is 8.10. The number of nitrogens with zero attached hydrogens (tertiary/aromatic N) is 2. The summed E-state index contributed by atoms with van der Waals surface area (Å²) in [6.07, 6.45) is 3.46. The van der Waals surface area contributed by atoms with Crippen molar-refractivity contribution in [2.75, 3.05) is 11.5 Å².